The zero-order valence-electron chi connectivity index (χ0n) is 16.2. The first-order chi connectivity index (χ1) is 14.4. The number of rotatable bonds is 8. The van der Waals surface area contributed by atoms with Crippen LogP contribution in [0.2, 0.25) is 0 Å². The number of nitro groups is 1. The molecular formula is C19H22N4O5S2. The Balaban J connectivity index is 1.52. The van der Waals surface area contributed by atoms with Gasteiger partial charge in [0.25, 0.3) is 5.69 Å². The van der Waals surface area contributed by atoms with Crippen molar-refractivity contribution in [3.8, 4) is 0 Å². The van der Waals surface area contributed by atoms with Gasteiger partial charge in [0.15, 0.2) is 0 Å². The summed E-state index contributed by atoms with van der Waals surface area (Å²) < 4.78 is 26.8. The summed E-state index contributed by atoms with van der Waals surface area (Å²) in [6.45, 7) is 1.07. The van der Waals surface area contributed by atoms with Gasteiger partial charge in [-0.1, -0.05) is 18.6 Å². The van der Waals surface area contributed by atoms with Crippen molar-refractivity contribution in [2.75, 3.05) is 24.2 Å². The minimum absolute atomic E-state index is 0.131. The molecule has 1 N–H and O–H groups in total. The highest BCUT2D eigenvalue weighted by Gasteiger charge is 2.26. The van der Waals surface area contributed by atoms with Crippen LogP contribution in [0.5, 0.6) is 0 Å². The van der Waals surface area contributed by atoms with Crippen LogP contribution in [0, 0.1) is 10.1 Å². The van der Waals surface area contributed by atoms with Crippen molar-refractivity contribution in [3.05, 3.63) is 52.7 Å². The Labute approximate surface area is 179 Å². The molecule has 0 spiro atoms. The average molecular weight is 451 g/mol. The summed E-state index contributed by atoms with van der Waals surface area (Å²) in [6.07, 6.45) is 4.26. The number of nitrogens with one attached hydrogen (secondary N) is 1. The number of amides is 1. The number of anilines is 1. The van der Waals surface area contributed by atoms with E-state index >= 15 is 0 Å². The minimum Gasteiger partial charge on any atom is -0.320 e. The Morgan fingerprint density at radius 2 is 1.90 bits per heavy atom. The first kappa shape index (κ1) is 22.2. The Morgan fingerprint density at radius 3 is 2.57 bits per heavy atom. The van der Waals surface area contributed by atoms with Gasteiger partial charge in [-0.15, -0.1) is 11.8 Å². The fourth-order valence-corrected chi connectivity index (χ4v) is 5.31. The number of sulfonamides is 1. The number of piperidine rings is 1. The molecule has 2 aromatic rings. The molecule has 1 aliphatic rings. The number of nitro benzene ring substituents is 1. The molecule has 11 heteroatoms. The fourth-order valence-electron chi connectivity index (χ4n) is 3.06. The third-order valence-corrected chi connectivity index (χ3v) is 7.44. The highest BCUT2D eigenvalue weighted by atomic mass is 32.2. The van der Waals surface area contributed by atoms with E-state index in [0.29, 0.717) is 23.9 Å². The molecule has 160 valence electrons. The third kappa shape index (κ3) is 5.55. The topological polar surface area (TPSA) is 123 Å². The van der Waals surface area contributed by atoms with Crippen LogP contribution in [0.25, 0.3) is 0 Å². The van der Waals surface area contributed by atoms with Crippen LogP contribution < -0.4 is 5.32 Å². The van der Waals surface area contributed by atoms with Crippen molar-refractivity contribution in [1.29, 1.82) is 0 Å². The summed E-state index contributed by atoms with van der Waals surface area (Å²) in [5.74, 6) is 0.0543. The zero-order chi connectivity index (χ0) is 21.6. The molecule has 9 nitrogen and oxygen atoms in total. The first-order valence-electron chi connectivity index (χ1n) is 9.50. The van der Waals surface area contributed by atoms with E-state index in [4.69, 9.17) is 0 Å². The Bertz CT molecular complexity index is 1010. The Morgan fingerprint density at radius 1 is 1.17 bits per heavy atom. The molecule has 2 heterocycles. The largest absolute Gasteiger partial charge is 0.320 e. The first-order valence-corrected chi connectivity index (χ1v) is 11.9. The molecule has 0 saturated carbocycles. The quantitative estimate of drug-likeness (QED) is 0.372. The maximum Gasteiger partial charge on any atom is 0.292 e. The molecular weight excluding hydrogens is 428 g/mol. The van der Waals surface area contributed by atoms with Crippen LogP contribution in [-0.4, -0.2) is 47.4 Å². The van der Waals surface area contributed by atoms with E-state index in [2.05, 4.69) is 10.3 Å². The minimum atomic E-state index is -3.52. The lowest BCUT2D eigenvalue weighted by Gasteiger charge is -2.25. The van der Waals surface area contributed by atoms with Crippen LogP contribution in [0.1, 0.15) is 25.7 Å². The molecule has 30 heavy (non-hydrogen) atoms. The Hall–Kier alpha value is -2.50. The fraction of sp³-hybridized carbons (Fsp3) is 0.368. The number of hydrogen-bond donors (Lipinski definition) is 1. The molecule has 1 aromatic carbocycles. The Kier molecular flexibility index (Phi) is 7.40. The number of carbonyl (C=O) groups excluding carboxylic acids is 1. The van der Waals surface area contributed by atoms with Crippen LogP contribution in [0.15, 0.2) is 52.5 Å². The molecule has 0 unspecified atom stereocenters. The molecule has 1 saturated heterocycles. The van der Waals surface area contributed by atoms with Crippen molar-refractivity contribution in [1.82, 2.24) is 9.29 Å². The summed E-state index contributed by atoms with van der Waals surface area (Å²) in [5.41, 5.74) is -0.00595. The van der Waals surface area contributed by atoms with E-state index in [1.165, 1.54) is 46.5 Å². The maximum atomic E-state index is 12.6. The van der Waals surface area contributed by atoms with E-state index in [1.54, 1.807) is 12.1 Å². The predicted octanol–water partition coefficient (Wildman–Crippen LogP) is 3.29. The van der Waals surface area contributed by atoms with Gasteiger partial charge in [-0.2, -0.15) is 4.31 Å². The van der Waals surface area contributed by atoms with Gasteiger partial charge in [-0.05, 0) is 31.0 Å². The lowest BCUT2D eigenvalue weighted by Crippen LogP contribution is -2.35. The maximum absolute atomic E-state index is 12.6. The number of nitrogens with zero attached hydrogens (tertiary/aromatic N) is 3. The summed E-state index contributed by atoms with van der Waals surface area (Å²) in [6, 6.07) is 9.11. The standard InChI is InChI=1S/C19H22N4O5S2/c24-18(21-16-6-2-3-7-17(16)23(25)26)10-13-29-19-9-8-15(14-20-19)30(27,28)22-11-4-1-5-12-22/h2-3,6-9,14H,1,4-5,10-13H2,(H,21,24). The smallest absolute Gasteiger partial charge is 0.292 e. The number of benzene rings is 1. The predicted molar refractivity (Wildman–Crippen MR) is 114 cm³/mol. The third-order valence-electron chi connectivity index (χ3n) is 4.62. The van der Waals surface area contributed by atoms with Crippen molar-refractivity contribution >= 4 is 39.1 Å². The monoisotopic (exact) mass is 450 g/mol. The van der Waals surface area contributed by atoms with Crippen LogP contribution in [-0.2, 0) is 14.8 Å². The van der Waals surface area contributed by atoms with E-state index < -0.39 is 14.9 Å². The number of carbonyl (C=O) groups is 1. The second kappa shape index (κ2) is 10.0. The molecule has 0 bridgehead atoms. The normalized spacial score (nSPS) is 14.9. The second-order valence-corrected chi connectivity index (χ2v) is 9.77. The van der Waals surface area contributed by atoms with Gasteiger partial charge in [0.05, 0.1) is 9.95 Å². The van der Waals surface area contributed by atoms with Gasteiger partial charge >= 0.3 is 0 Å². The molecule has 1 aliphatic heterocycles. The van der Waals surface area contributed by atoms with Gasteiger partial charge in [-0.25, -0.2) is 13.4 Å². The summed E-state index contributed by atoms with van der Waals surface area (Å²) in [5, 5.41) is 14.1. The van der Waals surface area contributed by atoms with Crippen molar-refractivity contribution in [3.63, 3.8) is 0 Å². The molecule has 1 aromatic heterocycles. The average Bonchev–Trinajstić information content (AvgIpc) is 2.75. The lowest BCUT2D eigenvalue weighted by atomic mass is 10.2. The van der Waals surface area contributed by atoms with E-state index in [1.807, 2.05) is 0 Å². The van der Waals surface area contributed by atoms with Gasteiger partial charge in [-0.3, -0.25) is 14.9 Å². The summed E-state index contributed by atoms with van der Waals surface area (Å²) >= 11 is 1.31. The molecule has 0 atom stereocenters. The molecule has 3 rings (SSSR count). The summed E-state index contributed by atoms with van der Waals surface area (Å²) in [4.78, 5) is 26.9. The molecule has 0 aliphatic carbocycles. The van der Waals surface area contributed by atoms with Crippen LogP contribution >= 0.6 is 11.8 Å². The number of hydrogen-bond acceptors (Lipinski definition) is 7. The number of aromatic nitrogens is 1. The van der Waals surface area contributed by atoms with Crippen molar-refractivity contribution in [2.45, 2.75) is 35.6 Å². The highest BCUT2D eigenvalue weighted by molar-refractivity contribution is 7.99. The van der Waals surface area contributed by atoms with Crippen molar-refractivity contribution in [2.24, 2.45) is 0 Å². The number of para-hydroxylation sites is 2. The van der Waals surface area contributed by atoms with Crippen molar-refractivity contribution < 1.29 is 18.1 Å². The number of thioether (sulfide) groups is 1. The molecule has 1 amide bonds. The molecule has 1 fully saturated rings. The lowest BCUT2D eigenvalue weighted by molar-refractivity contribution is -0.383. The summed E-state index contributed by atoms with van der Waals surface area (Å²) in [7, 11) is -3.52. The van der Waals surface area contributed by atoms with E-state index in [-0.39, 0.29) is 28.6 Å². The van der Waals surface area contributed by atoms with Gasteiger partial charge < -0.3 is 5.32 Å². The SMILES string of the molecule is O=C(CCSc1ccc(S(=O)(=O)N2CCCCC2)cn1)Nc1ccccc1[N+](=O)[O-]. The zero-order valence-corrected chi connectivity index (χ0v) is 17.8. The highest BCUT2D eigenvalue weighted by Crippen LogP contribution is 2.25. The van der Waals surface area contributed by atoms with Crippen LogP contribution in [0.3, 0.4) is 0 Å². The second-order valence-electron chi connectivity index (χ2n) is 6.72. The number of pyridine rings is 1. The van der Waals surface area contributed by atoms with E-state index in [0.717, 1.165) is 19.3 Å². The van der Waals surface area contributed by atoms with Gasteiger partial charge in [0, 0.05) is 37.5 Å². The van der Waals surface area contributed by atoms with E-state index in [9.17, 15) is 23.3 Å². The van der Waals surface area contributed by atoms with Gasteiger partial charge in [0.2, 0.25) is 15.9 Å². The van der Waals surface area contributed by atoms with Crippen LogP contribution in [0.4, 0.5) is 11.4 Å². The van der Waals surface area contributed by atoms with Gasteiger partial charge in [0.1, 0.15) is 10.6 Å². The molecule has 0 radical (unpaired) electrons.